The van der Waals surface area contributed by atoms with Crippen LogP contribution in [0.25, 0.3) is 0 Å². The Balaban J connectivity index is 2.19. The molecule has 0 saturated carbocycles. The van der Waals surface area contributed by atoms with Crippen molar-refractivity contribution in [3.63, 3.8) is 0 Å². The SMILES string of the molecule is COC[Si][Si]. The molecule has 0 aliphatic carbocycles. The molecule has 0 rings (SSSR count). The van der Waals surface area contributed by atoms with Gasteiger partial charge in [-0.05, 0) is 0 Å². The first-order valence-electron chi connectivity index (χ1n) is 1.30. The van der Waals surface area contributed by atoms with Gasteiger partial charge in [-0.15, -0.1) is 0 Å². The molecule has 5 radical (unpaired) electrons. The number of ether oxygens (including phenoxy) is 1. The molecule has 0 heterocycles. The minimum Gasteiger partial charge on any atom is -0.389 e. The average Bonchev–Trinajstić information content (AvgIpc) is 1.41. The minimum atomic E-state index is 0.741. The van der Waals surface area contributed by atoms with Gasteiger partial charge in [0.2, 0.25) is 0 Å². The van der Waals surface area contributed by atoms with Crippen LogP contribution in [0.1, 0.15) is 0 Å². The van der Waals surface area contributed by atoms with Crippen molar-refractivity contribution >= 4 is 18.8 Å². The fourth-order valence-electron chi connectivity index (χ4n) is 0.0722. The molecule has 0 aromatic heterocycles. The second-order valence-electron chi connectivity index (χ2n) is 0.610. The Morgan fingerprint density at radius 1 is 2.00 bits per heavy atom. The summed E-state index contributed by atoms with van der Waals surface area (Å²) in [7, 11) is 5.68. The summed E-state index contributed by atoms with van der Waals surface area (Å²) in [5.74, 6) is 0. The lowest BCUT2D eigenvalue weighted by atomic mass is 11.5. The molecule has 0 saturated heterocycles. The highest BCUT2D eigenvalue weighted by atomic mass is 29.1. The maximum Gasteiger partial charge on any atom is 0.0537 e. The van der Waals surface area contributed by atoms with Crippen LogP contribution in [0.4, 0.5) is 0 Å². The third-order valence-electron chi connectivity index (χ3n) is 0.217. The lowest BCUT2D eigenvalue weighted by Gasteiger charge is -1.83. The Kier molecular flexibility index (Phi) is 4.74. The van der Waals surface area contributed by atoms with Gasteiger partial charge in [0.05, 0.1) is 9.04 Å². The van der Waals surface area contributed by atoms with Gasteiger partial charge in [-0.3, -0.25) is 0 Å². The van der Waals surface area contributed by atoms with E-state index in [-0.39, 0.29) is 0 Å². The number of methoxy groups -OCH3 is 1. The van der Waals surface area contributed by atoms with E-state index in [0.29, 0.717) is 0 Å². The summed E-state index contributed by atoms with van der Waals surface area (Å²) in [5, 5.41) is 0. The molecule has 1 nitrogen and oxygen atoms in total. The fourth-order valence-corrected chi connectivity index (χ4v) is 0.650. The van der Waals surface area contributed by atoms with Gasteiger partial charge in [0.1, 0.15) is 0 Å². The summed E-state index contributed by atoms with van der Waals surface area (Å²) in [6, 6.07) is 0. The summed E-state index contributed by atoms with van der Waals surface area (Å²) in [6.45, 7) is 0. The normalized spacial score (nSPS) is 8.40. The summed E-state index contributed by atoms with van der Waals surface area (Å²) in [6.07, 6.45) is 0.830. The molecule has 0 bridgehead atoms. The Hall–Kier alpha value is 0.394. The van der Waals surface area contributed by atoms with Crippen LogP contribution in [0.5, 0.6) is 0 Å². The fraction of sp³-hybridized carbons (Fsp3) is 1.00. The zero-order valence-corrected chi connectivity index (χ0v) is 5.12. The van der Waals surface area contributed by atoms with E-state index < -0.39 is 0 Å². The molecule has 0 spiro atoms. The lowest BCUT2D eigenvalue weighted by Crippen LogP contribution is -1.98. The van der Waals surface area contributed by atoms with Crippen molar-refractivity contribution in [2.24, 2.45) is 0 Å². The largest absolute Gasteiger partial charge is 0.389 e. The molecular formula is C2H5OSi2. The Bertz CT molecular complexity index is 15.1. The van der Waals surface area contributed by atoms with Crippen molar-refractivity contribution in [3.05, 3.63) is 0 Å². The number of hydrogen-bond donors (Lipinski definition) is 0. The van der Waals surface area contributed by atoms with Gasteiger partial charge in [0, 0.05) is 23.1 Å². The highest BCUT2D eigenvalue weighted by Gasteiger charge is 1.68. The van der Waals surface area contributed by atoms with Crippen molar-refractivity contribution in [2.75, 3.05) is 13.3 Å². The van der Waals surface area contributed by atoms with Crippen LogP contribution >= 0.6 is 0 Å². The molecule has 0 atom stereocenters. The van der Waals surface area contributed by atoms with E-state index in [1.807, 2.05) is 0 Å². The third-order valence-corrected chi connectivity index (χ3v) is 1.08. The minimum absolute atomic E-state index is 0.741. The summed E-state index contributed by atoms with van der Waals surface area (Å²) >= 11 is 0. The molecule has 3 heteroatoms. The van der Waals surface area contributed by atoms with E-state index >= 15 is 0 Å². The first-order chi connectivity index (χ1) is 2.41. The first kappa shape index (κ1) is 5.39. The van der Waals surface area contributed by atoms with E-state index in [4.69, 9.17) is 0 Å². The highest BCUT2D eigenvalue weighted by molar-refractivity contribution is 6.89. The zero-order chi connectivity index (χ0) is 4.12. The van der Waals surface area contributed by atoms with E-state index in [1.165, 1.54) is 0 Å². The zero-order valence-electron chi connectivity index (χ0n) is 3.12. The van der Waals surface area contributed by atoms with Crippen molar-refractivity contribution < 1.29 is 4.74 Å². The average molecular weight is 101 g/mol. The lowest BCUT2D eigenvalue weighted by molar-refractivity contribution is 0.253. The van der Waals surface area contributed by atoms with Crippen molar-refractivity contribution in [2.45, 2.75) is 0 Å². The Labute approximate surface area is 37.8 Å². The van der Waals surface area contributed by atoms with Crippen LogP contribution < -0.4 is 0 Å². The maximum atomic E-state index is 4.65. The van der Waals surface area contributed by atoms with Gasteiger partial charge in [-0.1, -0.05) is 0 Å². The van der Waals surface area contributed by atoms with Crippen molar-refractivity contribution in [1.29, 1.82) is 0 Å². The van der Waals surface area contributed by atoms with Gasteiger partial charge in [-0.2, -0.15) is 0 Å². The van der Waals surface area contributed by atoms with E-state index in [0.717, 1.165) is 15.3 Å². The second-order valence-corrected chi connectivity index (χ2v) is 2.31. The molecule has 0 unspecified atom stereocenters. The molecule has 0 amide bonds. The molecule has 0 aliphatic rings. The molecule has 27 valence electrons. The second kappa shape index (κ2) is 4.39. The summed E-state index contributed by atoms with van der Waals surface area (Å²) < 4.78 is 4.65. The summed E-state index contributed by atoms with van der Waals surface area (Å²) in [4.78, 5) is 0. The quantitative estimate of drug-likeness (QED) is 0.421. The number of rotatable bonds is 2. The van der Waals surface area contributed by atoms with E-state index in [1.54, 1.807) is 7.11 Å². The molecule has 0 aromatic carbocycles. The molecular weight excluding hydrogens is 96.2 g/mol. The smallest absolute Gasteiger partial charge is 0.0537 e. The van der Waals surface area contributed by atoms with E-state index in [2.05, 4.69) is 14.5 Å². The highest BCUT2D eigenvalue weighted by Crippen LogP contribution is 1.52. The standard InChI is InChI=1S/C2H5OSi2/c1-3-2-5-4/h2H2,1H3. The van der Waals surface area contributed by atoms with Gasteiger partial charge in [0.25, 0.3) is 0 Å². The van der Waals surface area contributed by atoms with Crippen LogP contribution in [0.15, 0.2) is 0 Å². The van der Waals surface area contributed by atoms with Crippen LogP contribution in [0, 0.1) is 0 Å². The van der Waals surface area contributed by atoms with Gasteiger partial charge in [-0.25, -0.2) is 0 Å². The molecule has 0 aromatic rings. The first-order valence-corrected chi connectivity index (χ1v) is 4.01. The number of hydrogen-bond acceptors (Lipinski definition) is 1. The van der Waals surface area contributed by atoms with Crippen LogP contribution in [0.3, 0.4) is 0 Å². The van der Waals surface area contributed by atoms with E-state index in [9.17, 15) is 0 Å². The van der Waals surface area contributed by atoms with Crippen LogP contribution in [-0.2, 0) is 4.74 Å². The molecule has 0 N–H and O–H groups in total. The summed E-state index contributed by atoms with van der Waals surface area (Å²) in [5.41, 5.74) is 0. The van der Waals surface area contributed by atoms with Gasteiger partial charge in [0.15, 0.2) is 0 Å². The molecule has 0 aliphatic heterocycles. The predicted molar refractivity (Wildman–Crippen MR) is 23.4 cm³/mol. The molecule has 0 fully saturated rings. The van der Waals surface area contributed by atoms with Gasteiger partial charge >= 0.3 is 0 Å². The Morgan fingerprint density at radius 3 is 2.60 bits per heavy atom. The maximum absolute atomic E-state index is 4.65. The van der Waals surface area contributed by atoms with Crippen molar-refractivity contribution in [1.82, 2.24) is 0 Å². The van der Waals surface area contributed by atoms with Gasteiger partial charge < -0.3 is 4.74 Å². The monoisotopic (exact) mass is 101 g/mol. The third kappa shape index (κ3) is 4.39. The topological polar surface area (TPSA) is 9.23 Å². The van der Waals surface area contributed by atoms with Crippen LogP contribution in [-0.4, -0.2) is 32.1 Å². The predicted octanol–water partition coefficient (Wildman–Crippen LogP) is -0.622. The van der Waals surface area contributed by atoms with Crippen LogP contribution in [0.2, 0.25) is 0 Å². The molecule has 5 heavy (non-hydrogen) atoms. The van der Waals surface area contributed by atoms with Crippen molar-refractivity contribution in [3.8, 4) is 0 Å². The Morgan fingerprint density at radius 2 is 2.60 bits per heavy atom.